The summed E-state index contributed by atoms with van der Waals surface area (Å²) in [6, 6.07) is 7.52. The lowest BCUT2D eigenvalue weighted by Gasteiger charge is -2.37. The van der Waals surface area contributed by atoms with Gasteiger partial charge in [0.15, 0.2) is 5.78 Å². The van der Waals surface area contributed by atoms with E-state index in [1.54, 1.807) is 21.1 Å². The molecule has 0 heterocycles. The molecule has 3 atom stereocenters. The Morgan fingerprint density at radius 1 is 0.973 bits per heavy atom. The number of benzene rings is 1. The lowest BCUT2D eigenvalue weighted by molar-refractivity contribution is -0.889. The van der Waals surface area contributed by atoms with E-state index in [1.165, 1.54) is 64.7 Å². The van der Waals surface area contributed by atoms with Crippen LogP contribution in [0, 0.1) is 0 Å². The van der Waals surface area contributed by atoms with E-state index >= 15 is 0 Å². The van der Waals surface area contributed by atoms with Gasteiger partial charge in [-0.05, 0) is 24.1 Å². The number of carbonyl (C=O) groups is 1. The number of esters is 1. The first kappa shape index (κ1) is 33.6. The maximum atomic E-state index is 12.7. The molecule has 1 aromatic rings. The van der Waals surface area contributed by atoms with Crippen LogP contribution in [0.3, 0.4) is 0 Å². The Morgan fingerprint density at radius 2 is 1.51 bits per heavy atom. The number of hydrogen-bond acceptors (Lipinski definition) is 6. The Balaban J connectivity index is 2.44. The maximum Gasteiger partial charge on any atom is 0.383 e. The normalized spacial score (nSPS) is 15.1. The van der Waals surface area contributed by atoms with E-state index in [1.807, 2.05) is 24.3 Å². The van der Waals surface area contributed by atoms with Crippen LogP contribution in [-0.2, 0) is 25.0 Å². The van der Waals surface area contributed by atoms with E-state index in [0.717, 1.165) is 17.7 Å². The molecule has 0 radical (unpaired) electrons. The molecule has 0 aliphatic carbocycles. The van der Waals surface area contributed by atoms with Gasteiger partial charge in [0, 0.05) is 13.3 Å². The zero-order valence-electron chi connectivity index (χ0n) is 23.7. The molecular formula is C28H50NO7P. The maximum absolute atomic E-state index is 12.7. The van der Waals surface area contributed by atoms with Crippen molar-refractivity contribution >= 4 is 13.6 Å². The van der Waals surface area contributed by atoms with Crippen LogP contribution in [0.15, 0.2) is 24.3 Å². The van der Waals surface area contributed by atoms with E-state index in [9.17, 15) is 19.4 Å². The molecular weight excluding hydrogens is 493 g/mol. The van der Waals surface area contributed by atoms with Crippen molar-refractivity contribution in [2.75, 3.05) is 41.0 Å². The van der Waals surface area contributed by atoms with Crippen molar-refractivity contribution in [2.45, 2.75) is 96.4 Å². The summed E-state index contributed by atoms with van der Waals surface area (Å²) in [5.74, 6) is -0.844. The second-order valence-electron chi connectivity index (χ2n) is 10.7. The van der Waals surface area contributed by atoms with Crippen LogP contribution in [0.4, 0.5) is 0 Å². The van der Waals surface area contributed by atoms with Gasteiger partial charge in [-0.3, -0.25) is 9.36 Å². The van der Waals surface area contributed by atoms with E-state index in [4.69, 9.17) is 14.0 Å². The number of ether oxygens (including phenoxy) is 2. The van der Waals surface area contributed by atoms with Gasteiger partial charge < -0.3 is 28.5 Å². The zero-order valence-corrected chi connectivity index (χ0v) is 24.5. The Kier molecular flexibility index (Phi) is 16.3. The van der Waals surface area contributed by atoms with Crippen molar-refractivity contribution < 1.29 is 37.8 Å². The summed E-state index contributed by atoms with van der Waals surface area (Å²) < 4.78 is 29.1. The Morgan fingerprint density at radius 3 is 2.00 bits per heavy atom. The quantitative estimate of drug-likeness (QED) is 0.100. The SMILES string of the molecule is CCCCCCCCCCCCOc1ccc(CC(COP(=O)(O)C(C[O-])[N+](C)(C)C)OC(C)=O)cc1. The van der Waals surface area contributed by atoms with Crippen molar-refractivity contribution in [3.63, 3.8) is 0 Å². The van der Waals surface area contributed by atoms with Crippen LogP contribution >= 0.6 is 7.60 Å². The van der Waals surface area contributed by atoms with E-state index in [-0.39, 0.29) is 11.1 Å². The number of quaternary nitrogens is 1. The minimum Gasteiger partial charge on any atom is -0.850 e. The molecule has 1 rings (SSSR count). The summed E-state index contributed by atoms with van der Waals surface area (Å²) >= 11 is 0. The summed E-state index contributed by atoms with van der Waals surface area (Å²) in [5, 5.41) is 11.5. The predicted octanol–water partition coefficient (Wildman–Crippen LogP) is 5.06. The van der Waals surface area contributed by atoms with Crippen molar-refractivity contribution in [3.05, 3.63) is 29.8 Å². The van der Waals surface area contributed by atoms with Crippen molar-refractivity contribution in [1.82, 2.24) is 0 Å². The molecule has 37 heavy (non-hydrogen) atoms. The third-order valence-corrected chi connectivity index (χ3v) is 8.47. The van der Waals surface area contributed by atoms with Gasteiger partial charge in [-0.2, -0.15) is 0 Å². The largest absolute Gasteiger partial charge is 0.850 e. The number of carbonyl (C=O) groups excluding carboxylic acids is 1. The fourth-order valence-electron chi connectivity index (χ4n) is 4.17. The summed E-state index contributed by atoms with van der Waals surface area (Å²) in [6.45, 7) is 3.17. The van der Waals surface area contributed by atoms with Gasteiger partial charge >= 0.3 is 13.6 Å². The fourth-order valence-corrected chi connectivity index (χ4v) is 5.78. The van der Waals surface area contributed by atoms with E-state index < -0.39 is 32.1 Å². The highest BCUT2D eigenvalue weighted by atomic mass is 31.2. The Bertz CT molecular complexity index is 795. The average molecular weight is 544 g/mol. The number of hydrogen-bond donors (Lipinski definition) is 1. The first-order valence-electron chi connectivity index (χ1n) is 13.7. The first-order chi connectivity index (χ1) is 17.5. The van der Waals surface area contributed by atoms with Crippen LogP contribution in [0.1, 0.15) is 83.6 Å². The van der Waals surface area contributed by atoms with E-state index in [2.05, 4.69) is 6.92 Å². The zero-order chi connectivity index (χ0) is 27.7. The predicted molar refractivity (Wildman–Crippen MR) is 146 cm³/mol. The average Bonchev–Trinajstić information content (AvgIpc) is 2.81. The summed E-state index contributed by atoms with van der Waals surface area (Å²) in [7, 11) is 0.778. The molecule has 214 valence electrons. The van der Waals surface area contributed by atoms with Crippen LogP contribution in [-0.4, -0.2) is 68.2 Å². The third-order valence-electron chi connectivity index (χ3n) is 6.35. The molecule has 0 spiro atoms. The molecule has 0 aliphatic rings. The molecule has 1 aromatic carbocycles. The monoisotopic (exact) mass is 543 g/mol. The second kappa shape index (κ2) is 18.0. The molecule has 9 heteroatoms. The summed E-state index contributed by atoms with van der Waals surface area (Å²) in [5.41, 5.74) is 0.876. The number of unbranched alkanes of at least 4 members (excludes halogenated alkanes) is 9. The van der Waals surface area contributed by atoms with Crippen LogP contribution in [0.25, 0.3) is 0 Å². The summed E-state index contributed by atoms with van der Waals surface area (Å²) in [4.78, 5) is 21.9. The van der Waals surface area contributed by atoms with Crippen molar-refractivity contribution in [1.29, 1.82) is 0 Å². The smallest absolute Gasteiger partial charge is 0.383 e. The van der Waals surface area contributed by atoms with E-state index in [0.29, 0.717) is 13.0 Å². The van der Waals surface area contributed by atoms with Crippen molar-refractivity contribution in [3.8, 4) is 5.75 Å². The van der Waals surface area contributed by atoms with Gasteiger partial charge in [0.25, 0.3) is 0 Å². The molecule has 0 aliphatic heterocycles. The molecule has 3 unspecified atom stereocenters. The molecule has 0 fully saturated rings. The van der Waals surface area contributed by atoms with Gasteiger partial charge in [0.2, 0.25) is 0 Å². The molecule has 8 nitrogen and oxygen atoms in total. The van der Waals surface area contributed by atoms with Crippen molar-refractivity contribution in [2.24, 2.45) is 0 Å². The standard InChI is InChI=1S/C28H50NO7P/c1-6-7-8-9-10-11-12-13-14-15-20-34-26-18-16-25(17-19-26)21-27(36-24(2)31)23-35-37(32,33)28(22-30)29(3,4)5/h16-19,27-28H,6-15,20-23H2,1-5H3,(H,32,33). The molecule has 1 N–H and O–H groups in total. The minimum atomic E-state index is -4.22. The Labute approximate surface area is 224 Å². The molecule has 0 aromatic heterocycles. The highest BCUT2D eigenvalue weighted by molar-refractivity contribution is 7.53. The highest BCUT2D eigenvalue weighted by Crippen LogP contribution is 2.49. The van der Waals surface area contributed by atoms with Gasteiger partial charge in [-0.1, -0.05) is 83.5 Å². The van der Waals surface area contributed by atoms with Crippen LogP contribution < -0.4 is 9.84 Å². The molecule has 0 amide bonds. The second-order valence-corrected chi connectivity index (χ2v) is 12.7. The minimum absolute atomic E-state index is 0.00387. The highest BCUT2D eigenvalue weighted by Gasteiger charge is 2.40. The third kappa shape index (κ3) is 14.9. The molecule has 0 bridgehead atoms. The first-order valence-corrected chi connectivity index (χ1v) is 15.4. The fraction of sp³-hybridized carbons (Fsp3) is 0.750. The van der Waals surface area contributed by atoms with Gasteiger partial charge in [-0.25, -0.2) is 0 Å². The van der Waals surface area contributed by atoms with Gasteiger partial charge in [-0.15, -0.1) is 0 Å². The van der Waals surface area contributed by atoms with Crippen LogP contribution in [0.5, 0.6) is 5.75 Å². The lowest BCUT2D eigenvalue weighted by atomic mass is 10.1. The number of nitrogens with zero attached hydrogens (tertiary/aromatic N) is 1. The number of likely N-dealkylation sites (N-methyl/N-ethyl adjacent to an activating group) is 1. The molecule has 0 saturated carbocycles. The summed E-state index contributed by atoms with van der Waals surface area (Å²) in [6.07, 6.45) is 12.4. The topological polar surface area (TPSA) is 105 Å². The van der Waals surface area contributed by atoms with Crippen LogP contribution in [0.2, 0.25) is 0 Å². The van der Waals surface area contributed by atoms with Gasteiger partial charge in [0.1, 0.15) is 11.9 Å². The lowest BCUT2D eigenvalue weighted by Crippen LogP contribution is -2.50. The molecule has 0 saturated heterocycles. The van der Waals surface area contributed by atoms with Gasteiger partial charge in [0.05, 0.1) is 34.4 Å². The number of rotatable bonds is 21. The Hall–Kier alpha value is -1.44.